The molecule has 2 aromatic rings. The zero-order valence-corrected chi connectivity index (χ0v) is 15.0. The molecule has 0 aromatic carbocycles. The molecule has 0 unspecified atom stereocenters. The molecular formula is C17H26N8. The molecule has 0 spiro atoms. The van der Waals surface area contributed by atoms with Gasteiger partial charge in [0.15, 0.2) is 0 Å². The van der Waals surface area contributed by atoms with Crippen molar-refractivity contribution in [2.24, 2.45) is 0 Å². The zero-order chi connectivity index (χ0) is 17.2. The van der Waals surface area contributed by atoms with Gasteiger partial charge in [0.2, 0.25) is 0 Å². The zero-order valence-electron chi connectivity index (χ0n) is 15.0. The molecule has 1 saturated heterocycles. The van der Waals surface area contributed by atoms with E-state index in [0.717, 1.165) is 49.9 Å². The van der Waals surface area contributed by atoms with Crippen molar-refractivity contribution < 1.29 is 0 Å². The molecule has 1 aliphatic carbocycles. The lowest BCUT2D eigenvalue weighted by atomic mass is 10.1. The number of anilines is 2. The summed E-state index contributed by atoms with van der Waals surface area (Å²) in [6, 6.07) is 3.11. The summed E-state index contributed by atoms with van der Waals surface area (Å²) in [5.74, 6) is 2.94. The number of hydrogen-bond donors (Lipinski definition) is 1. The fraction of sp³-hybridized carbons (Fsp3) is 0.647. The maximum absolute atomic E-state index is 4.35. The molecule has 2 aromatic heterocycles. The van der Waals surface area contributed by atoms with Crippen LogP contribution in [-0.4, -0.2) is 62.9 Å². The Morgan fingerprint density at radius 1 is 1.16 bits per heavy atom. The van der Waals surface area contributed by atoms with E-state index in [2.05, 4.69) is 34.9 Å². The summed E-state index contributed by atoms with van der Waals surface area (Å²) in [5, 5.41) is 12.0. The van der Waals surface area contributed by atoms with E-state index in [1.807, 2.05) is 31.4 Å². The Balaban J connectivity index is 1.29. The van der Waals surface area contributed by atoms with Crippen LogP contribution in [-0.2, 0) is 6.54 Å². The summed E-state index contributed by atoms with van der Waals surface area (Å²) in [7, 11) is 3.98. The number of nitrogens with one attached hydrogen (secondary N) is 1. The van der Waals surface area contributed by atoms with Crippen molar-refractivity contribution in [3.63, 3.8) is 0 Å². The number of hydrogen-bond acceptors (Lipinski definition) is 7. The molecule has 4 rings (SSSR count). The normalized spacial score (nSPS) is 19.1. The number of rotatable bonds is 6. The molecule has 0 atom stereocenters. The highest BCUT2D eigenvalue weighted by molar-refractivity contribution is 5.47. The largest absolute Gasteiger partial charge is 0.367 e. The second-order valence-electron chi connectivity index (χ2n) is 7.24. The van der Waals surface area contributed by atoms with Crippen LogP contribution in [0.4, 0.5) is 11.6 Å². The van der Waals surface area contributed by atoms with E-state index in [1.54, 1.807) is 6.33 Å². The number of likely N-dealkylation sites (tertiary alicyclic amines) is 1. The standard InChI is InChI=1S/C17H26N8/c1-23(2)16-9-15(18-11-19-16)21-13-5-7-24(8-6-13)10-17-22-20-12-25(17)14-3-4-14/h9,11-14H,3-8,10H2,1-2H3,(H,18,19,21). The predicted octanol–water partition coefficient (Wildman–Crippen LogP) is 1.55. The monoisotopic (exact) mass is 342 g/mol. The Morgan fingerprint density at radius 3 is 2.68 bits per heavy atom. The van der Waals surface area contributed by atoms with Gasteiger partial charge in [0.05, 0.1) is 6.54 Å². The highest BCUT2D eigenvalue weighted by Gasteiger charge is 2.27. The number of aromatic nitrogens is 5. The van der Waals surface area contributed by atoms with Crippen molar-refractivity contribution in [3.05, 3.63) is 24.5 Å². The molecule has 0 amide bonds. The van der Waals surface area contributed by atoms with E-state index >= 15 is 0 Å². The van der Waals surface area contributed by atoms with Crippen molar-refractivity contribution >= 4 is 11.6 Å². The molecular weight excluding hydrogens is 316 g/mol. The van der Waals surface area contributed by atoms with Gasteiger partial charge < -0.3 is 14.8 Å². The Morgan fingerprint density at radius 2 is 1.96 bits per heavy atom. The topological polar surface area (TPSA) is 75.0 Å². The first-order valence-electron chi connectivity index (χ1n) is 9.05. The predicted molar refractivity (Wildman–Crippen MR) is 96.6 cm³/mol. The lowest BCUT2D eigenvalue weighted by Crippen LogP contribution is -2.39. The minimum atomic E-state index is 0.461. The summed E-state index contributed by atoms with van der Waals surface area (Å²) < 4.78 is 2.26. The van der Waals surface area contributed by atoms with Crippen LogP contribution in [0.25, 0.3) is 0 Å². The molecule has 2 aliphatic rings. The van der Waals surface area contributed by atoms with Crippen LogP contribution in [0.1, 0.15) is 37.5 Å². The lowest BCUT2D eigenvalue weighted by molar-refractivity contribution is 0.204. The van der Waals surface area contributed by atoms with Crippen LogP contribution < -0.4 is 10.2 Å². The van der Waals surface area contributed by atoms with E-state index < -0.39 is 0 Å². The fourth-order valence-electron chi connectivity index (χ4n) is 3.35. The van der Waals surface area contributed by atoms with Crippen LogP contribution in [0, 0.1) is 0 Å². The van der Waals surface area contributed by atoms with E-state index in [1.165, 1.54) is 12.8 Å². The summed E-state index contributed by atoms with van der Waals surface area (Å²) in [4.78, 5) is 13.1. The number of piperidine rings is 1. The van der Waals surface area contributed by atoms with Crippen LogP contribution in [0.3, 0.4) is 0 Å². The summed E-state index contributed by atoms with van der Waals surface area (Å²) in [5.41, 5.74) is 0. The van der Waals surface area contributed by atoms with E-state index in [9.17, 15) is 0 Å². The average Bonchev–Trinajstić information content (AvgIpc) is 3.36. The van der Waals surface area contributed by atoms with E-state index in [-0.39, 0.29) is 0 Å². The smallest absolute Gasteiger partial charge is 0.147 e. The minimum Gasteiger partial charge on any atom is -0.367 e. The molecule has 1 saturated carbocycles. The Bertz CT molecular complexity index is 700. The van der Waals surface area contributed by atoms with Gasteiger partial charge in [-0.25, -0.2) is 9.97 Å². The van der Waals surface area contributed by atoms with Crippen LogP contribution in [0.5, 0.6) is 0 Å². The average molecular weight is 342 g/mol. The molecule has 8 nitrogen and oxygen atoms in total. The van der Waals surface area contributed by atoms with Gasteiger partial charge in [0, 0.05) is 45.3 Å². The first-order valence-corrected chi connectivity index (χ1v) is 9.05. The Hall–Kier alpha value is -2.22. The van der Waals surface area contributed by atoms with Gasteiger partial charge in [0.25, 0.3) is 0 Å². The van der Waals surface area contributed by atoms with Crippen LogP contribution >= 0.6 is 0 Å². The molecule has 2 fully saturated rings. The number of nitrogens with zero attached hydrogens (tertiary/aromatic N) is 7. The van der Waals surface area contributed by atoms with Gasteiger partial charge in [-0.3, -0.25) is 4.90 Å². The summed E-state index contributed by atoms with van der Waals surface area (Å²) in [6.45, 7) is 3.04. The Kier molecular flexibility index (Phi) is 4.52. The highest BCUT2D eigenvalue weighted by atomic mass is 15.3. The third-order valence-electron chi connectivity index (χ3n) is 5.00. The molecule has 0 bridgehead atoms. The third-order valence-corrected chi connectivity index (χ3v) is 5.00. The minimum absolute atomic E-state index is 0.461. The first kappa shape index (κ1) is 16.3. The molecule has 0 radical (unpaired) electrons. The van der Waals surface area contributed by atoms with Crippen LogP contribution in [0.2, 0.25) is 0 Å². The SMILES string of the molecule is CN(C)c1cc(NC2CCN(Cc3nncn3C3CC3)CC2)ncn1. The molecule has 8 heteroatoms. The van der Waals surface area contributed by atoms with Crippen molar-refractivity contribution in [2.45, 2.75) is 44.3 Å². The van der Waals surface area contributed by atoms with Crippen molar-refractivity contribution in [2.75, 3.05) is 37.4 Å². The van der Waals surface area contributed by atoms with Gasteiger partial charge in [-0.1, -0.05) is 0 Å². The van der Waals surface area contributed by atoms with E-state index in [4.69, 9.17) is 0 Å². The maximum atomic E-state index is 4.35. The third kappa shape index (κ3) is 3.89. The molecule has 3 heterocycles. The first-order chi connectivity index (χ1) is 12.2. The lowest BCUT2D eigenvalue weighted by Gasteiger charge is -2.32. The van der Waals surface area contributed by atoms with Crippen LogP contribution in [0.15, 0.2) is 18.7 Å². The molecule has 25 heavy (non-hydrogen) atoms. The maximum Gasteiger partial charge on any atom is 0.147 e. The fourth-order valence-corrected chi connectivity index (χ4v) is 3.35. The highest BCUT2D eigenvalue weighted by Crippen LogP contribution is 2.35. The van der Waals surface area contributed by atoms with Gasteiger partial charge >= 0.3 is 0 Å². The molecule has 1 aliphatic heterocycles. The second-order valence-corrected chi connectivity index (χ2v) is 7.24. The second kappa shape index (κ2) is 6.95. The Labute approximate surface area is 148 Å². The quantitative estimate of drug-likeness (QED) is 0.853. The van der Waals surface area contributed by atoms with Crippen molar-refractivity contribution in [3.8, 4) is 0 Å². The summed E-state index contributed by atoms with van der Waals surface area (Å²) in [6.07, 6.45) is 8.27. The van der Waals surface area contributed by atoms with E-state index in [0.29, 0.717) is 12.1 Å². The summed E-state index contributed by atoms with van der Waals surface area (Å²) >= 11 is 0. The van der Waals surface area contributed by atoms with Gasteiger partial charge in [-0.15, -0.1) is 10.2 Å². The molecule has 1 N–H and O–H groups in total. The van der Waals surface area contributed by atoms with Gasteiger partial charge in [-0.05, 0) is 25.7 Å². The molecule has 134 valence electrons. The van der Waals surface area contributed by atoms with Crippen molar-refractivity contribution in [1.82, 2.24) is 29.6 Å². The van der Waals surface area contributed by atoms with Crippen molar-refractivity contribution in [1.29, 1.82) is 0 Å². The van der Waals surface area contributed by atoms with Gasteiger partial charge in [0.1, 0.15) is 30.1 Å². The van der Waals surface area contributed by atoms with Gasteiger partial charge in [-0.2, -0.15) is 0 Å².